The monoisotopic (exact) mass is 255 g/mol. The molecular formula is C15H14FN3. The Hall–Kier alpha value is -2.36. The molecule has 3 nitrogen and oxygen atoms in total. The van der Waals surface area contributed by atoms with E-state index in [9.17, 15) is 4.39 Å². The number of aryl methyl sites for hydroxylation is 2. The van der Waals surface area contributed by atoms with Gasteiger partial charge in [0.2, 0.25) is 5.95 Å². The van der Waals surface area contributed by atoms with Crippen LogP contribution in [0, 0.1) is 19.7 Å². The van der Waals surface area contributed by atoms with Gasteiger partial charge in [-0.05, 0) is 55.3 Å². The van der Waals surface area contributed by atoms with Gasteiger partial charge in [-0.25, -0.2) is 9.37 Å². The van der Waals surface area contributed by atoms with Gasteiger partial charge in [0.25, 0.3) is 0 Å². The molecule has 0 amide bonds. The summed E-state index contributed by atoms with van der Waals surface area (Å²) in [5.41, 5.74) is 10.3. The Kier molecular flexibility index (Phi) is 2.52. The number of fused-ring (bicyclic) bond motifs is 1. The van der Waals surface area contributed by atoms with Gasteiger partial charge in [0.1, 0.15) is 5.82 Å². The van der Waals surface area contributed by atoms with Crippen LogP contribution < -0.4 is 5.73 Å². The molecule has 96 valence electrons. The van der Waals surface area contributed by atoms with Crippen molar-refractivity contribution >= 4 is 17.0 Å². The van der Waals surface area contributed by atoms with Gasteiger partial charge in [0.15, 0.2) is 0 Å². The van der Waals surface area contributed by atoms with Gasteiger partial charge >= 0.3 is 0 Å². The molecule has 0 radical (unpaired) electrons. The average molecular weight is 255 g/mol. The number of hydrogen-bond donors (Lipinski definition) is 1. The third-order valence-electron chi connectivity index (χ3n) is 3.24. The molecule has 19 heavy (non-hydrogen) atoms. The molecule has 0 fully saturated rings. The van der Waals surface area contributed by atoms with E-state index in [1.165, 1.54) is 6.07 Å². The smallest absolute Gasteiger partial charge is 0.205 e. The number of nitrogen functional groups attached to an aromatic ring is 1. The second-order valence-corrected chi connectivity index (χ2v) is 4.73. The zero-order valence-electron chi connectivity index (χ0n) is 10.8. The van der Waals surface area contributed by atoms with Crippen molar-refractivity contribution in [3.8, 4) is 5.69 Å². The normalized spacial score (nSPS) is 11.1. The molecule has 0 spiro atoms. The molecule has 4 heteroatoms. The average Bonchev–Trinajstić information content (AvgIpc) is 2.68. The summed E-state index contributed by atoms with van der Waals surface area (Å²) in [6, 6.07) is 10.9. The predicted molar refractivity (Wildman–Crippen MR) is 74.9 cm³/mol. The quantitative estimate of drug-likeness (QED) is 0.724. The highest BCUT2D eigenvalue weighted by Crippen LogP contribution is 2.24. The number of halogens is 1. The molecule has 1 aromatic heterocycles. The summed E-state index contributed by atoms with van der Waals surface area (Å²) in [7, 11) is 0. The van der Waals surface area contributed by atoms with E-state index in [4.69, 9.17) is 5.73 Å². The van der Waals surface area contributed by atoms with E-state index in [0.29, 0.717) is 11.5 Å². The van der Waals surface area contributed by atoms with Gasteiger partial charge in [-0.15, -0.1) is 0 Å². The number of nitrogens with zero attached hydrogens (tertiary/aromatic N) is 2. The Morgan fingerprint density at radius 1 is 1.11 bits per heavy atom. The molecule has 0 saturated carbocycles. The lowest BCUT2D eigenvalue weighted by Crippen LogP contribution is -2.01. The van der Waals surface area contributed by atoms with Crippen LogP contribution in [0.15, 0.2) is 36.4 Å². The van der Waals surface area contributed by atoms with Gasteiger partial charge in [-0.1, -0.05) is 6.07 Å². The van der Waals surface area contributed by atoms with Crippen molar-refractivity contribution < 1.29 is 4.39 Å². The fourth-order valence-electron chi connectivity index (χ4n) is 2.25. The Balaban J connectivity index is 2.29. The van der Waals surface area contributed by atoms with E-state index in [1.54, 1.807) is 19.1 Å². The maximum Gasteiger partial charge on any atom is 0.205 e. The molecule has 0 bridgehead atoms. The molecule has 0 aliphatic heterocycles. The van der Waals surface area contributed by atoms with Gasteiger partial charge in [-0.3, -0.25) is 4.57 Å². The van der Waals surface area contributed by atoms with Gasteiger partial charge < -0.3 is 5.73 Å². The number of anilines is 1. The van der Waals surface area contributed by atoms with Crippen molar-refractivity contribution in [3.05, 3.63) is 53.3 Å². The fraction of sp³-hybridized carbons (Fsp3) is 0.133. The summed E-state index contributed by atoms with van der Waals surface area (Å²) >= 11 is 0. The Morgan fingerprint density at radius 3 is 2.63 bits per heavy atom. The van der Waals surface area contributed by atoms with Crippen LogP contribution in [-0.4, -0.2) is 9.55 Å². The lowest BCUT2D eigenvalue weighted by atomic mass is 10.2. The zero-order chi connectivity index (χ0) is 13.6. The van der Waals surface area contributed by atoms with Crippen LogP contribution in [0.5, 0.6) is 0 Å². The van der Waals surface area contributed by atoms with E-state index in [0.717, 1.165) is 22.3 Å². The fourth-order valence-corrected chi connectivity index (χ4v) is 2.25. The van der Waals surface area contributed by atoms with Crippen LogP contribution in [0.3, 0.4) is 0 Å². The Labute approximate surface area is 110 Å². The molecule has 1 heterocycles. The van der Waals surface area contributed by atoms with E-state index in [-0.39, 0.29) is 5.82 Å². The molecule has 0 aliphatic carbocycles. The molecular weight excluding hydrogens is 241 g/mol. The van der Waals surface area contributed by atoms with Gasteiger partial charge in [0.05, 0.1) is 11.0 Å². The molecule has 3 aromatic rings. The number of imidazole rings is 1. The van der Waals surface area contributed by atoms with Crippen LogP contribution in [0.4, 0.5) is 10.3 Å². The Bertz CT molecular complexity index is 774. The van der Waals surface area contributed by atoms with Crippen LogP contribution in [0.25, 0.3) is 16.7 Å². The van der Waals surface area contributed by atoms with Gasteiger partial charge in [0, 0.05) is 5.69 Å². The second-order valence-electron chi connectivity index (χ2n) is 4.73. The lowest BCUT2D eigenvalue weighted by Gasteiger charge is -2.08. The molecule has 0 unspecified atom stereocenters. The summed E-state index contributed by atoms with van der Waals surface area (Å²) in [5, 5.41) is 0. The SMILES string of the molecule is Cc1ccc2c(c1)nc(N)n2-c1ccc(F)c(C)c1. The minimum Gasteiger partial charge on any atom is -0.369 e. The van der Waals surface area contributed by atoms with E-state index in [1.807, 2.05) is 29.7 Å². The highest BCUT2D eigenvalue weighted by Gasteiger charge is 2.11. The van der Waals surface area contributed by atoms with Crippen LogP contribution in [-0.2, 0) is 0 Å². The molecule has 2 N–H and O–H groups in total. The van der Waals surface area contributed by atoms with Crippen LogP contribution >= 0.6 is 0 Å². The standard InChI is InChI=1S/C15H14FN3/c1-9-3-6-14-13(7-9)18-15(17)19(14)11-4-5-12(16)10(2)8-11/h3-8H,1-2H3,(H2,17,18). The summed E-state index contributed by atoms with van der Waals surface area (Å²) in [6.45, 7) is 3.75. The number of nitrogens with two attached hydrogens (primary N) is 1. The number of hydrogen-bond acceptors (Lipinski definition) is 2. The lowest BCUT2D eigenvalue weighted by molar-refractivity contribution is 0.618. The zero-order valence-corrected chi connectivity index (χ0v) is 10.8. The first-order valence-electron chi connectivity index (χ1n) is 6.07. The molecule has 0 saturated heterocycles. The second kappa shape index (κ2) is 4.09. The van der Waals surface area contributed by atoms with Crippen LogP contribution in [0.1, 0.15) is 11.1 Å². The summed E-state index contributed by atoms with van der Waals surface area (Å²) in [5.74, 6) is 0.189. The van der Waals surface area contributed by atoms with Crippen molar-refractivity contribution in [1.82, 2.24) is 9.55 Å². The highest BCUT2D eigenvalue weighted by atomic mass is 19.1. The third-order valence-corrected chi connectivity index (χ3v) is 3.24. The van der Waals surface area contributed by atoms with Crippen LogP contribution in [0.2, 0.25) is 0 Å². The predicted octanol–water partition coefficient (Wildman–Crippen LogP) is 3.36. The maximum absolute atomic E-state index is 13.4. The molecule has 2 aromatic carbocycles. The van der Waals surface area contributed by atoms with Gasteiger partial charge in [-0.2, -0.15) is 0 Å². The topological polar surface area (TPSA) is 43.8 Å². The minimum absolute atomic E-state index is 0.220. The van der Waals surface area contributed by atoms with Crippen molar-refractivity contribution in [1.29, 1.82) is 0 Å². The summed E-state index contributed by atoms with van der Waals surface area (Å²) in [4.78, 5) is 4.35. The number of benzene rings is 2. The summed E-state index contributed by atoms with van der Waals surface area (Å²) < 4.78 is 15.2. The largest absolute Gasteiger partial charge is 0.369 e. The number of aromatic nitrogens is 2. The third kappa shape index (κ3) is 1.85. The van der Waals surface area contributed by atoms with Crippen molar-refractivity contribution in [2.75, 3.05) is 5.73 Å². The molecule has 0 aliphatic rings. The summed E-state index contributed by atoms with van der Waals surface area (Å²) in [6.07, 6.45) is 0. The minimum atomic E-state index is -0.220. The number of rotatable bonds is 1. The molecule has 3 rings (SSSR count). The van der Waals surface area contributed by atoms with E-state index < -0.39 is 0 Å². The first-order valence-corrected chi connectivity index (χ1v) is 6.07. The van der Waals surface area contributed by atoms with E-state index in [2.05, 4.69) is 4.98 Å². The maximum atomic E-state index is 13.4. The van der Waals surface area contributed by atoms with E-state index >= 15 is 0 Å². The first-order chi connectivity index (χ1) is 9.06. The Morgan fingerprint density at radius 2 is 1.89 bits per heavy atom. The van der Waals surface area contributed by atoms with Crippen molar-refractivity contribution in [3.63, 3.8) is 0 Å². The van der Waals surface area contributed by atoms with Crippen molar-refractivity contribution in [2.24, 2.45) is 0 Å². The first kappa shape index (κ1) is 11.7. The highest BCUT2D eigenvalue weighted by molar-refractivity contribution is 5.81. The van der Waals surface area contributed by atoms with Crippen molar-refractivity contribution in [2.45, 2.75) is 13.8 Å². The molecule has 0 atom stereocenters.